The van der Waals surface area contributed by atoms with Gasteiger partial charge in [0.2, 0.25) is 5.88 Å². The predicted molar refractivity (Wildman–Crippen MR) is 104 cm³/mol. The molecular formula is C20H23ClN2O4. The number of carbonyl (C=O) groups excluding carboxylic acids is 1. The van der Waals surface area contributed by atoms with E-state index in [2.05, 4.69) is 10.3 Å². The van der Waals surface area contributed by atoms with E-state index >= 15 is 0 Å². The normalized spacial score (nSPS) is 16.2. The Labute approximate surface area is 163 Å². The first-order valence-electron chi connectivity index (χ1n) is 8.98. The molecular weight excluding hydrogens is 368 g/mol. The van der Waals surface area contributed by atoms with E-state index in [-0.39, 0.29) is 5.91 Å². The van der Waals surface area contributed by atoms with Crippen LogP contribution >= 0.6 is 11.6 Å². The number of nitrogens with one attached hydrogen (secondary N) is 1. The fourth-order valence-corrected chi connectivity index (χ4v) is 2.96. The molecule has 1 fully saturated rings. The summed E-state index contributed by atoms with van der Waals surface area (Å²) in [6, 6.07) is 8.62. The molecule has 1 aliphatic heterocycles. The Morgan fingerprint density at radius 2 is 2.19 bits per heavy atom. The smallest absolute Gasteiger partial charge is 0.261 e. The van der Waals surface area contributed by atoms with Gasteiger partial charge in [-0.05, 0) is 50.6 Å². The second-order valence-corrected chi connectivity index (χ2v) is 6.81. The third-order valence-electron chi connectivity index (χ3n) is 4.21. The molecule has 3 rings (SSSR count). The number of ether oxygens (including phenoxy) is 3. The first kappa shape index (κ1) is 19.5. The molecule has 144 valence electrons. The number of amides is 1. The van der Waals surface area contributed by atoms with Gasteiger partial charge in [0.1, 0.15) is 11.3 Å². The van der Waals surface area contributed by atoms with Gasteiger partial charge in [-0.25, -0.2) is 4.98 Å². The zero-order valence-corrected chi connectivity index (χ0v) is 16.2. The maximum absolute atomic E-state index is 12.8. The third-order valence-corrected chi connectivity index (χ3v) is 4.45. The first-order chi connectivity index (χ1) is 13.1. The van der Waals surface area contributed by atoms with Gasteiger partial charge in [-0.3, -0.25) is 4.79 Å². The predicted octanol–water partition coefficient (Wildman–Crippen LogP) is 4.11. The maximum Gasteiger partial charge on any atom is 0.261 e. The van der Waals surface area contributed by atoms with Crippen molar-refractivity contribution in [2.24, 2.45) is 5.92 Å². The monoisotopic (exact) mass is 390 g/mol. The Balaban J connectivity index is 1.77. The lowest BCUT2D eigenvalue weighted by Crippen LogP contribution is -2.17. The van der Waals surface area contributed by atoms with Gasteiger partial charge in [-0.15, -0.1) is 0 Å². The number of nitrogens with zero attached hydrogens (tertiary/aromatic N) is 1. The van der Waals surface area contributed by atoms with Gasteiger partial charge in [0.25, 0.3) is 5.91 Å². The molecule has 2 aromatic rings. The highest BCUT2D eigenvalue weighted by Gasteiger charge is 2.19. The molecule has 0 unspecified atom stereocenters. The van der Waals surface area contributed by atoms with Gasteiger partial charge in [0.05, 0.1) is 25.5 Å². The number of benzene rings is 1. The maximum atomic E-state index is 12.8. The number of pyridine rings is 1. The Hall–Kier alpha value is -2.31. The minimum absolute atomic E-state index is 0.308. The Morgan fingerprint density at radius 3 is 2.93 bits per heavy atom. The molecule has 2 heterocycles. The molecule has 1 saturated heterocycles. The summed E-state index contributed by atoms with van der Waals surface area (Å²) in [5.74, 6) is 0.901. The summed E-state index contributed by atoms with van der Waals surface area (Å²) in [6.07, 6.45) is 0.974. The Morgan fingerprint density at radius 1 is 1.33 bits per heavy atom. The van der Waals surface area contributed by atoms with E-state index in [4.69, 9.17) is 25.8 Å². The lowest BCUT2D eigenvalue weighted by Gasteiger charge is -2.16. The quantitative estimate of drug-likeness (QED) is 0.770. The second kappa shape index (κ2) is 9.06. The minimum atomic E-state index is -0.331. The zero-order chi connectivity index (χ0) is 19.2. The molecule has 6 nitrogen and oxygen atoms in total. The summed E-state index contributed by atoms with van der Waals surface area (Å²) in [5, 5.41) is 3.37. The highest BCUT2D eigenvalue weighted by atomic mass is 35.5. The molecule has 0 saturated carbocycles. The van der Waals surface area contributed by atoms with Gasteiger partial charge in [0.15, 0.2) is 0 Å². The number of hydrogen-bond donors (Lipinski definition) is 1. The van der Waals surface area contributed by atoms with Gasteiger partial charge >= 0.3 is 0 Å². The number of anilines is 1. The number of aryl methyl sites for hydroxylation is 1. The molecule has 0 aliphatic carbocycles. The Kier molecular flexibility index (Phi) is 6.53. The summed E-state index contributed by atoms with van der Waals surface area (Å²) in [4.78, 5) is 17.1. The van der Waals surface area contributed by atoms with Crippen molar-refractivity contribution < 1.29 is 19.0 Å². The van der Waals surface area contributed by atoms with Crippen LogP contribution in [0.1, 0.15) is 29.4 Å². The van der Waals surface area contributed by atoms with Crippen LogP contribution in [0.3, 0.4) is 0 Å². The molecule has 1 N–H and O–H groups in total. The van der Waals surface area contributed by atoms with E-state index in [9.17, 15) is 4.79 Å². The fourth-order valence-electron chi connectivity index (χ4n) is 2.79. The lowest BCUT2D eigenvalue weighted by molar-refractivity contribution is 0.102. The summed E-state index contributed by atoms with van der Waals surface area (Å²) >= 11 is 6.11. The summed E-state index contributed by atoms with van der Waals surface area (Å²) in [7, 11) is 0. The topological polar surface area (TPSA) is 69.7 Å². The summed E-state index contributed by atoms with van der Waals surface area (Å²) < 4.78 is 16.8. The molecule has 1 aromatic heterocycles. The van der Waals surface area contributed by atoms with Crippen molar-refractivity contribution in [1.29, 1.82) is 0 Å². The summed E-state index contributed by atoms with van der Waals surface area (Å²) in [6.45, 7) is 6.11. The van der Waals surface area contributed by atoms with Crippen LogP contribution in [0, 0.1) is 12.8 Å². The van der Waals surface area contributed by atoms with Gasteiger partial charge < -0.3 is 19.5 Å². The SMILES string of the molecule is CCOc1nc(C)ccc1C(=O)Nc1cc(Cl)ccc1OC[C@H]1CCOC1. The van der Waals surface area contributed by atoms with Crippen LogP contribution in [0.5, 0.6) is 11.6 Å². The summed E-state index contributed by atoms with van der Waals surface area (Å²) in [5.41, 5.74) is 1.65. The molecule has 1 aromatic carbocycles. The molecule has 1 atom stereocenters. The van der Waals surface area contributed by atoms with Crippen molar-refractivity contribution in [3.05, 3.63) is 46.6 Å². The molecule has 0 radical (unpaired) electrons. The number of carbonyl (C=O) groups is 1. The van der Waals surface area contributed by atoms with Crippen LogP contribution in [0.4, 0.5) is 5.69 Å². The van der Waals surface area contributed by atoms with E-state index in [1.165, 1.54) is 0 Å². The molecule has 1 aliphatic rings. The van der Waals surface area contributed by atoms with Gasteiger partial charge in [-0.2, -0.15) is 0 Å². The number of aromatic nitrogens is 1. The van der Waals surface area contributed by atoms with Crippen molar-refractivity contribution in [2.45, 2.75) is 20.3 Å². The van der Waals surface area contributed by atoms with Crippen LogP contribution in [0.2, 0.25) is 5.02 Å². The average Bonchev–Trinajstić information content (AvgIpc) is 3.15. The van der Waals surface area contributed by atoms with Crippen LogP contribution in [-0.4, -0.2) is 37.3 Å². The molecule has 7 heteroatoms. The lowest BCUT2D eigenvalue weighted by atomic mass is 10.1. The highest BCUT2D eigenvalue weighted by molar-refractivity contribution is 6.31. The van der Waals surface area contributed by atoms with Crippen molar-refractivity contribution in [3.8, 4) is 11.6 Å². The largest absolute Gasteiger partial charge is 0.491 e. The molecule has 0 spiro atoms. The number of hydrogen-bond acceptors (Lipinski definition) is 5. The first-order valence-corrected chi connectivity index (χ1v) is 9.36. The Bertz CT molecular complexity index is 807. The van der Waals surface area contributed by atoms with E-state index < -0.39 is 0 Å². The second-order valence-electron chi connectivity index (χ2n) is 6.37. The van der Waals surface area contributed by atoms with E-state index in [1.807, 2.05) is 13.8 Å². The van der Waals surface area contributed by atoms with Crippen molar-refractivity contribution in [3.63, 3.8) is 0 Å². The minimum Gasteiger partial charge on any atom is -0.491 e. The zero-order valence-electron chi connectivity index (χ0n) is 15.5. The third kappa shape index (κ3) is 5.11. The fraction of sp³-hybridized carbons (Fsp3) is 0.400. The van der Waals surface area contributed by atoms with Gasteiger partial charge in [0, 0.05) is 23.2 Å². The van der Waals surface area contributed by atoms with E-state index in [0.29, 0.717) is 53.6 Å². The van der Waals surface area contributed by atoms with Gasteiger partial charge in [-0.1, -0.05) is 11.6 Å². The van der Waals surface area contributed by atoms with Crippen LogP contribution in [-0.2, 0) is 4.74 Å². The van der Waals surface area contributed by atoms with Crippen LogP contribution in [0.25, 0.3) is 0 Å². The van der Waals surface area contributed by atoms with Crippen molar-refractivity contribution in [2.75, 3.05) is 31.7 Å². The van der Waals surface area contributed by atoms with E-state index in [1.54, 1.807) is 30.3 Å². The molecule has 0 bridgehead atoms. The average molecular weight is 391 g/mol. The van der Waals surface area contributed by atoms with Crippen molar-refractivity contribution in [1.82, 2.24) is 4.98 Å². The number of halogens is 1. The molecule has 27 heavy (non-hydrogen) atoms. The van der Waals surface area contributed by atoms with E-state index in [0.717, 1.165) is 18.7 Å². The standard InChI is InChI=1S/C20H23ClN2O4/c1-3-26-20-16(6-4-13(2)22-20)19(24)23-17-10-15(21)5-7-18(17)27-12-14-8-9-25-11-14/h4-7,10,14H,3,8-9,11-12H2,1-2H3,(H,23,24)/t14-/m0/s1. The molecule has 1 amide bonds. The number of rotatable bonds is 7. The van der Waals surface area contributed by atoms with Crippen molar-refractivity contribution >= 4 is 23.2 Å². The van der Waals surface area contributed by atoms with Crippen LogP contribution in [0.15, 0.2) is 30.3 Å². The highest BCUT2D eigenvalue weighted by Crippen LogP contribution is 2.30. The van der Waals surface area contributed by atoms with Crippen LogP contribution < -0.4 is 14.8 Å².